The van der Waals surface area contributed by atoms with Crippen LogP contribution < -0.4 is 5.32 Å². The average molecular weight is 295 g/mol. The molecule has 5 heteroatoms. The molecule has 2 heterocycles. The first-order chi connectivity index (χ1) is 9.41. The molecule has 0 radical (unpaired) electrons. The minimum absolute atomic E-state index is 0.0249. The molecule has 0 spiro atoms. The summed E-state index contributed by atoms with van der Waals surface area (Å²) in [6, 6.07) is 0.0249. The van der Waals surface area contributed by atoms with Crippen LogP contribution in [0.5, 0.6) is 0 Å². The standard InChI is InChI=1S/C15H25N3OS/c1-5-8-18-9-6-7-11(18)13(19)17-14-16-12(10-20-14)15(2,3)4/h10-11H,5-9H2,1-4H3,(H,16,17,19). The molecule has 1 aromatic heterocycles. The molecule has 4 nitrogen and oxygen atoms in total. The lowest BCUT2D eigenvalue weighted by Crippen LogP contribution is -2.39. The van der Waals surface area contributed by atoms with Gasteiger partial charge in [0.15, 0.2) is 5.13 Å². The van der Waals surface area contributed by atoms with E-state index in [1.165, 1.54) is 11.3 Å². The van der Waals surface area contributed by atoms with Gasteiger partial charge in [0.1, 0.15) is 0 Å². The molecule has 1 aromatic rings. The second kappa shape index (κ2) is 6.22. The fraction of sp³-hybridized carbons (Fsp3) is 0.733. The molecule has 1 unspecified atom stereocenters. The number of likely N-dealkylation sites (tertiary alicyclic amines) is 1. The SMILES string of the molecule is CCCN1CCCC1C(=O)Nc1nc(C(C)(C)C)cs1. The van der Waals surface area contributed by atoms with Gasteiger partial charge in [0.2, 0.25) is 5.91 Å². The minimum Gasteiger partial charge on any atom is -0.301 e. The van der Waals surface area contributed by atoms with Gasteiger partial charge in [-0.2, -0.15) is 0 Å². The molecule has 0 aliphatic carbocycles. The van der Waals surface area contributed by atoms with Crippen LogP contribution in [0.15, 0.2) is 5.38 Å². The summed E-state index contributed by atoms with van der Waals surface area (Å²) in [7, 11) is 0. The number of hydrogen-bond donors (Lipinski definition) is 1. The topological polar surface area (TPSA) is 45.2 Å². The molecule has 0 saturated carbocycles. The van der Waals surface area contributed by atoms with Gasteiger partial charge in [0.25, 0.3) is 0 Å². The van der Waals surface area contributed by atoms with Crippen molar-refractivity contribution in [2.45, 2.75) is 58.4 Å². The molecular formula is C15H25N3OS. The lowest BCUT2D eigenvalue weighted by Gasteiger charge is -2.22. The molecule has 1 aliphatic rings. The van der Waals surface area contributed by atoms with E-state index in [9.17, 15) is 4.79 Å². The first-order valence-corrected chi connectivity index (χ1v) is 8.30. The van der Waals surface area contributed by atoms with Crippen LogP contribution in [0.25, 0.3) is 0 Å². The maximum absolute atomic E-state index is 12.4. The van der Waals surface area contributed by atoms with Crippen LogP contribution >= 0.6 is 11.3 Å². The summed E-state index contributed by atoms with van der Waals surface area (Å²) in [6.07, 6.45) is 3.17. The van der Waals surface area contributed by atoms with Crippen molar-refractivity contribution in [2.24, 2.45) is 0 Å². The Kier molecular flexibility index (Phi) is 4.81. The number of carbonyl (C=O) groups is 1. The van der Waals surface area contributed by atoms with Gasteiger partial charge in [-0.15, -0.1) is 11.3 Å². The second-order valence-electron chi connectivity index (χ2n) is 6.47. The van der Waals surface area contributed by atoms with Crippen molar-refractivity contribution in [1.82, 2.24) is 9.88 Å². The highest BCUT2D eigenvalue weighted by atomic mass is 32.1. The van der Waals surface area contributed by atoms with E-state index < -0.39 is 0 Å². The van der Waals surface area contributed by atoms with E-state index in [-0.39, 0.29) is 17.4 Å². The lowest BCUT2D eigenvalue weighted by molar-refractivity contribution is -0.120. The lowest BCUT2D eigenvalue weighted by atomic mass is 9.93. The molecule has 2 rings (SSSR count). The second-order valence-corrected chi connectivity index (χ2v) is 7.33. The van der Waals surface area contributed by atoms with Crippen LogP contribution in [-0.2, 0) is 10.2 Å². The van der Waals surface area contributed by atoms with Crippen LogP contribution in [-0.4, -0.2) is 34.9 Å². The predicted molar refractivity (Wildman–Crippen MR) is 84.3 cm³/mol. The average Bonchev–Trinajstić information content (AvgIpc) is 2.97. The Morgan fingerprint density at radius 2 is 2.30 bits per heavy atom. The first kappa shape index (κ1) is 15.4. The number of carbonyl (C=O) groups excluding carboxylic acids is 1. The van der Waals surface area contributed by atoms with Gasteiger partial charge in [0, 0.05) is 10.8 Å². The zero-order valence-corrected chi connectivity index (χ0v) is 13.7. The van der Waals surface area contributed by atoms with E-state index in [1.807, 2.05) is 5.38 Å². The number of thiazole rings is 1. The summed E-state index contributed by atoms with van der Waals surface area (Å²) < 4.78 is 0. The number of hydrogen-bond acceptors (Lipinski definition) is 4. The highest BCUT2D eigenvalue weighted by Crippen LogP contribution is 2.27. The Bertz CT molecular complexity index is 464. The molecular weight excluding hydrogens is 270 g/mol. The van der Waals surface area contributed by atoms with Gasteiger partial charge in [0.05, 0.1) is 11.7 Å². The van der Waals surface area contributed by atoms with Crippen molar-refractivity contribution in [3.8, 4) is 0 Å². The summed E-state index contributed by atoms with van der Waals surface area (Å²) in [5, 5.41) is 5.75. The monoisotopic (exact) mass is 295 g/mol. The van der Waals surface area contributed by atoms with Gasteiger partial charge in [-0.3, -0.25) is 9.69 Å². The van der Waals surface area contributed by atoms with E-state index in [4.69, 9.17) is 0 Å². The van der Waals surface area contributed by atoms with Gasteiger partial charge >= 0.3 is 0 Å². The number of rotatable bonds is 4. The number of nitrogens with one attached hydrogen (secondary N) is 1. The van der Waals surface area contributed by atoms with E-state index in [0.29, 0.717) is 0 Å². The summed E-state index contributed by atoms with van der Waals surface area (Å²) in [4.78, 5) is 19.2. The summed E-state index contributed by atoms with van der Waals surface area (Å²) >= 11 is 1.52. The summed E-state index contributed by atoms with van der Waals surface area (Å²) in [5.74, 6) is 0.103. The Morgan fingerprint density at radius 3 is 2.90 bits per heavy atom. The third-order valence-corrected chi connectivity index (χ3v) is 4.44. The minimum atomic E-state index is 0.0249. The third kappa shape index (κ3) is 3.58. The van der Waals surface area contributed by atoms with E-state index >= 15 is 0 Å². The van der Waals surface area contributed by atoms with Crippen molar-refractivity contribution >= 4 is 22.4 Å². The van der Waals surface area contributed by atoms with Crippen LogP contribution in [0, 0.1) is 0 Å². The summed E-state index contributed by atoms with van der Waals surface area (Å²) in [5.41, 5.74) is 1.07. The quantitative estimate of drug-likeness (QED) is 0.927. The Labute approximate surface area is 125 Å². The normalized spacial score (nSPS) is 20.3. The Hall–Kier alpha value is -0.940. The predicted octanol–water partition coefficient (Wildman–Crippen LogP) is 3.25. The first-order valence-electron chi connectivity index (χ1n) is 7.42. The highest BCUT2D eigenvalue weighted by Gasteiger charge is 2.30. The van der Waals surface area contributed by atoms with Crippen molar-refractivity contribution in [3.63, 3.8) is 0 Å². The van der Waals surface area contributed by atoms with Crippen molar-refractivity contribution in [1.29, 1.82) is 0 Å². The third-order valence-electron chi connectivity index (χ3n) is 3.68. The van der Waals surface area contributed by atoms with Crippen LogP contribution in [0.2, 0.25) is 0 Å². The maximum Gasteiger partial charge on any atom is 0.243 e. The zero-order chi connectivity index (χ0) is 14.8. The molecule has 1 aliphatic heterocycles. The molecule has 0 bridgehead atoms. The fourth-order valence-electron chi connectivity index (χ4n) is 2.54. The number of anilines is 1. The maximum atomic E-state index is 12.4. The molecule has 1 atom stereocenters. The van der Waals surface area contributed by atoms with Crippen molar-refractivity contribution in [2.75, 3.05) is 18.4 Å². The largest absolute Gasteiger partial charge is 0.301 e. The zero-order valence-electron chi connectivity index (χ0n) is 12.9. The van der Waals surface area contributed by atoms with Gasteiger partial charge in [-0.1, -0.05) is 27.7 Å². The Morgan fingerprint density at radius 1 is 1.55 bits per heavy atom. The van der Waals surface area contributed by atoms with Gasteiger partial charge in [-0.25, -0.2) is 4.98 Å². The van der Waals surface area contributed by atoms with Crippen molar-refractivity contribution in [3.05, 3.63) is 11.1 Å². The number of aromatic nitrogens is 1. The molecule has 1 fully saturated rings. The van der Waals surface area contributed by atoms with Gasteiger partial charge in [-0.05, 0) is 32.4 Å². The van der Waals surface area contributed by atoms with E-state index in [0.717, 1.165) is 43.2 Å². The van der Waals surface area contributed by atoms with Crippen LogP contribution in [0.1, 0.15) is 52.7 Å². The van der Waals surface area contributed by atoms with Crippen LogP contribution in [0.4, 0.5) is 5.13 Å². The molecule has 20 heavy (non-hydrogen) atoms. The Balaban J connectivity index is 1.99. The smallest absolute Gasteiger partial charge is 0.243 e. The molecule has 1 amide bonds. The molecule has 1 N–H and O–H groups in total. The van der Waals surface area contributed by atoms with Gasteiger partial charge < -0.3 is 5.32 Å². The molecule has 1 saturated heterocycles. The highest BCUT2D eigenvalue weighted by molar-refractivity contribution is 7.14. The molecule has 0 aromatic carbocycles. The van der Waals surface area contributed by atoms with Crippen molar-refractivity contribution < 1.29 is 4.79 Å². The van der Waals surface area contributed by atoms with Crippen LogP contribution in [0.3, 0.4) is 0 Å². The fourth-order valence-corrected chi connectivity index (χ4v) is 3.48. The summed E-state index contributed by atoms with van der Waals surface area (Å²) in [6.45, 7) is 10.6. The molecule has 112 valence electrons. The van der Waals surface area contributed by atoms with E-state index in [1.54, 1.807) is 0 Å². The van der Waals surface area contributed by atoms with E-state index in [2.05, 4.69) is 42.9 Å². The number of nitrogens with zero attached hydrogens (tertiary/aromatic N) is 2. The number of amides is 1.